The van der Waals surface area contributed by atoms with Crippen LogP contribution >= 0.6 is 0 Å². The summed E-state index contributed by atoms with van der Waals surface area (Å²) in [6, 6.07) is 6.97. The van der Waals surface area contributed by atoms with Crippen molar-refractivity contribution >= 4 is 12.0 Å². The van der Waals surface area contributed by atoms with Crippen molar-refractivity contribution in [3.8, 4) is 5.75 Å². The number of aliphatic carboxylic acids is 1. The van der Waals surface area contributed by atoms with Crippen molar-refractivity contribution in [1.29, 1.82) is 0 Å². The van der Waals surface area contributed by atoms with Crippen LogP contribution in [0.15, 0.2) is 30.3 Å². The molecule has 0 saturated heterocycles. The van der Waals surface area contributed by atoms with E-state index in [1.807, 2.05) is 0 Å². The molecule has 4 heteroatoms. The first-order chi connectivity index (χ1) is 7.22. The summed E-state index contributed by atoms with van der Waals surface area (Å²) in [4.78, 5) is 10.3. The summed E-state index contributed by atoms with van der Waals surface area (Å²) in [5, 5.41) is 17.0. The lowest BCUT2D eigenvalue weighted by Crippen LogP contribution is -2.01. The Balaban J connectivity index is 2.69. The van der Waals surface area contributed by atoms with Crippen molar-refractivity contribution in [2.75, 3.05) is 13.2 Å². The number of benzene rings is 1. The first kappa shape index (κ1) is 11.3. The highest BCUT2D eigenvalue weighted by atomic mass is 16.5. The molecule has 0 radical (unpaired) electrons. The standard InChI is InChI=1S/C11H12O4/c12-6-7-15-10-3-1-2-9(8-10)4-5-11(13)14/h1-5,8,12H,6-7H2,(H,13,14)/b5-4+. The molecule has 15 heavy (non-hydrogen) atoms. The molecule has 0 bridgehead atoms. The molecule has 0 amide bonds. The Labute approximate surface area is 87.4 Å². The summed E-state index contributed by atoms with van der Waals surface area (Å²) < 4.78 is 5.17. The Morgan fingerprint density at radius 1 is 1.47 bits per heavy atom. The summed E-state index contributed by atoms with van der Waals surface area (Å²) in [6.45, 7) is 0.182. The molecule has 1 aromatic carbocycles. The third-order valence-corrected chi connectivity index (χ3v) is 1.64. The Morgan fingerprint density at radius 2 is 2.27 bits per heavy atom. The van der Waals surface area contributed by atoms with E-state index in [0.29, 0.717) is 5.75 Å². The van der Waals surface area contributed by atoms with Gasteiger partial charge < -0.3 is 14.9 Å². The molecule has 0 fully saturated rings. The fourth-order valence-corrected chi connectivity index (χ4v) is 1.04. The summed E-state index contributed by atoms with van der Waals surface area (Å²) in [5.41, 5.74) is 0.743. The van der Waals surface area contributed by atoms with Crippen LogP contribution in [0.3, 0.4) is 0 Å². The third kappa shape index (κ3) is 4.28. The quantitative estimate of drug-likeness (QED) is 0.712. The Bertz CT molecular complexity index is 357. The van der Waals surface area contributed by atoms with E-state index in [0.717, 1.165) is 11.6 Å². The zero-order chi connectivity index (χ0) is 11.1. The van der Waals surface area contributed by atoms with E-state index >= 15 is 0 Å². The monoisotopic (exact) mass is 208 g/mol. The number of ether oxygens (including phenoxy) is 1. The molecule has 1 rings (SSSR count). The summed E-state index contributed by atoms with van der Waals surface area (Å²) >= 11 is 0. The Morgan fingerprint density at radius 3 is 2.93 bits per heavy atom. The number of carboxylic acid groups (broad SMARTS) is 1. The molecule has 1 aromatic rings. The first-order valence-electron chi connectivity index (χ1n) is 4.47. The van der Waals surface area contributed by atoms with Crippen molar-refractivity contribution < 1.29 is 19.7 Å². The number of rotatable bonds is 5. The number of carbonyl (C=O) groups is 1. The van der Waals surface area contributed by atoms with Gasteiger partial charge in [-0.25, -0.2) is 4.79 Å². The first-order valence-corrected chi connectivity index (χ1v) is 4.47. The number of carboxylic acids is 1. The minimum Gasteiger partial charge on any atom is -0.491 e. The second kappa shape index (κ2) is 5.82. The van der Waals surface area contributed by atoms with Crippen LogP contribution in [-0.2, 0) is 4.79 Å². The van der Waals surface area contributed by atoms with Crippen LogP contribution in [-0.4, -0.2) is 29.4 Å². The van der Waals surface area contributed by atoms with Crippen LogP contribution in [0, 0.1) is 0 Å². The highest BCUT2D eigenvalue weighted by Crippen LogP contribution is 2.14. The van der Waals surface area contributed by atoms with Gasteiger partial charge >= 0.3 is 5.97 Å². The molecule has 0 atom stereocenters. The highest BCUT2D eigenvalue weighted by molar-refractivity contribution is 5.85. The minimum atomic E-state index is -0.989. The average molecular weight is 208 g/mol. The lowest BCUT2D eigenvalue weighted by Gasteiger charge is -2.04. The third-order valence-electron chi connectivity index (χ3n) is 1.64. The van der Waals surface area contributed by atoms with E-state index in [1.165, 1.54) is 6.08 Å². The second-order valence-corrected chi connectivity index (χ2v) is 2.82. The maximum Gasteiger partial charge on any atom is 0.328 e. The van der Waals surface area contributed by atoms with Gasteiger partial charge in [0.05, 0.1) is 6.61 Å². The van der Waals surface area contributed by atoms with Crippen molar-refractivity contribution in [3.05, 3.63) is 35.9 Å². The number of hydrogen-bond acceptors (Lipinski definition) is 3. The van der Waals surface area contributed by atoms with Crippen LogP contribution in [0.25, 0.3) is 6.08 Å². The average Bonchev–Trinajstić information content (AvgIpc) is 2.24. The van der Waals surface area contributed by atoms with E-state index in [4.69, 9.17) is 14.9 Å². The van der Waals surface area contributed by atoms with Crippen molar-refractivity contribution in [2.24, 2.45) is 0 Å². The van der Waals surface area contributed by atoms with Crippen LogP contribution in [0.2, 0.25) is 0 Å². The van der Waals surface area contributed by atoms with Crippen LogP contribution in [0.1, 0.15) is 5.56 Å². The maximum absolute atomic E-state index is 10.3. The maximum atomic E-state index is 10.3. The van der Waals surface area contributed by atoms with Gasteiger partial charge in [0.2, 0.25) is 0 Å². The zero-order valence-electron chi connectivity index (χ0n) is 8.09. The normalized spacial score (nSPS) is 10.5. The number of hydrogen-bond donors (Lipinski definition) is 2. The van der Waals surface area contributed by atoms with Gasteiger partial charge in [-0.3, -0.25) is 0 Å². The van der Waals surface area contributed by atoms with E-state index in [9.17, 15) is 4.79 Å². The van der Waals surface area contributed by atoms with Crippen LogP contribution in [0.4, 0.5) is 0 Å². The molecule has 80 valence electrons. The molecule has 0 heterocycles. The van der Waals surface area contributed by atoms with E-state index in [2.05, 4.69) is 0 Å². The smallest absolute Gasteiger partial charge is 0.328 e. The van der Waals surface area contributed by atoms with Crippen molar-refractivity contribution in [1.82, 2.24) is 0 Å². The molecule has 0 aliphatic rings. The highest BCUT2D eigenvalue weighted by Gasteiger charge is 1.94. The minimum absolute atomic E-state index is 0.0464. The van der Waals surface area contributed by atoms with Gasteiger partial charge in [-0.05, 0) is 23.8 Å². The van der Waals surface area contributed by atoms with Gasteiger partial charge in [-0.1, -0.05) is 12.1 Å². The fourth-order valence-electron chi connectivity index (χ4n) is 1.04. The molecule has 0 aromatic heterocycles. The SMILES string of the molecule is O=C(O)/C=C/c1cccc(OCCO)c1. The predicted octanol–water partition coefficient (Wildman–Crippen LogP) is 1.16. The molecular weight excluding hydrogens is 196 g/mol. The topological polar surface area (TPSA) is 66.8 Å². The van der Waals surface area contributed by atoms with Crippen molar-refractivity contribution in [2.45, 2.75) is 0 Å². The lowest BCUT2D eigenvalue weighted by molar-refractivity contribution is -0.131. The molecular formula is C11H12O4. The van der Waals surface area contributed by atoms with E-state index in [1.54, 1.807) is 24.3 Å². The van der Waals surface area contributed by atoms with Crippen molar-refractivity contribution in [3.63, 3.8) is 0 Å². The van der Waals surface area contributed by atoms with E-state index in [-0.39, 0.29) is 13.2 Å². The Hall–Kier alpha value is -1.81. The fraction of sp³-hybridized carbons (Fsp3) is 0.182. The molecule has 0 spiro atoms. The largest absolute Gasteiger partial charge is 0.491 e. The van der Waals surface area contributed by atoms with Crippen LogP contribution in [0.5, 0.6) is 5.75 Å². The van der Waals surface area contributed by atoms with Gasteiger partial charge in [-0.15, -0.1) is 0 Å². The second-order valence-electron chi connectivity index (χ2n) is 2.82. The number of aliphatic hydroxyl groups excluding tert-OH is 1. The number of aliphatic hydroxyl groups is 1. The van der Waals surface area contributed by atoms with Gasteiger partial charge in [0.1, 0.15) is 12.4 Å². The van der Waals surface area contributed by atoms with Gasteiger partial charge in [-0.2, -0.15) is 0 Å². The molecule has 0 aliphatic heterocycles. The summed E-state index contributed by atoms with van der Waals surface area (Å²) in [6.07, 6.45) is 2.54. The predicted molar refractivity (Wildman–Crippen MR) is 55.7 cm³/mol. The van der Waals surface area contributed by atoms with Gasteiger partial charge in [0, 0.05) is 6.08 Å². The zero-order valence-corrected chi connectivity index (χ0v) is 8.09. The summed E-state index contributed by atoms with van der Waals surface area (Å²) in [7, 11) is 0. The molecule has 0 aliphatic carbocycles. The molecule has 0 saturated carbocycles. The van der Waals surface area contributed by atoms with Gasteiger partial charge in [0.15, 0.2) is 0 Å². The Kier molecular flexibility index (Phi) is 4.37. The van der Waals surface area contributed by atoms with Gasteiger partial charge in [0.25, 0.3) is 0 Å². The molecule has 4 nitrogen and oxygen atoms in total. The van der Waals surface area contributed by atoms with E-state index < -0.39 is 5.97 Å². The van der Waals surface area contributed by atoms with Crippen LogP contribution < -0.4 is 4.74 Å². The molecule has 2 N–H and O–H groups in total. The molecule has 0 unspecified atom stereocenters. The lowest BCUT2D eigenvalue weighted by atomic mass is 10.2. The summed E-state index contributed by atoms with van der Waals surface area (Å²) in [5.74, 6) is -0.381.